The normalized spacial score (nSPS) is 9.60. The van der Waals surface area contributed by atoms with Gasteiger partial charge in [-0.2, -0.15) is 0 Å². The van der Waals surface area contributed by atoms with Crippen LogP contribution in [-0.4, -0.2) is 25.7 Å². The Balaban J connectivity index is 0.000000251. The molecule has 0 heterocycles. The third-order valence-corrected chi connectivity index (χ3v) is 3.66. The van der Waals surface area contributed by atoms with Crippen LogP contribution < -0.4 is 0 Å². The zero-order valence-electron chi connectivity index (χ0n) is 15.4. The zero-order chi connectivity index (χ0) is 18.7. The van der Waals surface area contributed by atoms with Gasteiger partial charge in [0.25, 0.3) is 0 Å². The molecule has 4 heteroatoms. The maximum Gasteiger partial charge on any atom is 0.338 e. The van der Waals surface area contributed by atoms with Crippen molar-refractivity contribution in [2.75, 3.05) is 13.7 Å². The smallest absolute Gasteiger partial charge is 0.338 e. The van der Waals surface area contributed by atoms with Gasteiger partial charge in [-0.05, 0) is 55.2 Å². The summed E-state index contributed by atoms with van der Waals surface area (Å²) >= 11 is 0. The number of carbonyl (C=O) groups is 2. The lowest BCUT2D eigenvalue weighted by Gasteiger charge is -2.01. The second-order valence-corrected chi connectivity index (χ2v) is 5.31. The molecule has 0 spiro atoms. The van der Waals surface area contributed by atoms with Crippen molar-refractivity contribution in [1.29, 1.82) is 0 Å². The standard InChI is InChI=1S/C11H14O2.C10H12O2/c1-3-9-5-7-10(8-6-9)11(12)13-4-2;1-3-8-4-6-9(7-5-8)10(11)12-2/h5-8H,3-4H2,1-2H3;4-7H,3H2,1-2H3. The molecule has 0 aliphatic heterocycles. The first-order valence-corrected chi connectivity index (χ1v) is 8.48. The molecule has 0 radical (unpaired) electrons. The van der Waals surface area contributed by atoms with Crippen LogP contribution in [0.5, 0.6) is 0 Å². The first-order valence-electron chi connectivity index (χ1n) is 8.48. The molecule has 0 aliphatic carbocycles. The van der Waals surface area contributed by atoms with Crippen molar-refractivity contribution in [1.82, 2.24) is 0 Å². The second kappa shape index (κ2) is 11.0. The highest BCUT2D eigenvalue weighted by Crippen LogP contribution is 2.06. The van der Waals surface area contributed by atoms with Crippen molar-refractivity contribution in [2.24, 2.45) is 0 Å². The Morgan fingerprint density at radius 3 is 1.44 bits per heavy atom. The van der Waals surface area contributed by atoms with Gasteiger partial charge in [-0.15, -0.1) is 0 Å². The van der Waals surface area contributed by atoms with Gasteiger partial charge in [-0.25, -0.2) is 9.59 Å². The van der Waals surface area contributed by atoms with E-state index in [0.29, 0.717) is 17.7 Å². The summed E-state index contributed by atoms with van der Waals surface area (Å²) in [5.74, 6) is -0.525. The molecule has 25 heavy (non-hydrogen) atoms. The monoisotopic (exact) mass is 342 g/mol. The molecular weight excluding hydrogens is 316 g/mol. The van der Waals surface area contributed by atoms with Gasteiger partial charge in [0.05, 0.1) is 24.8 Å². The summed E-state index contributed by atoms with van der Waals surface area (Å²) in [5.41, 5.74) is 3.68. The van der Waals surface area contributed by atoms with Gasteiger partial charge in [0.1, 0.15) is 0 Å². The van der Waals surface area contributed by atoms with E-state index in [4.69, 9.17) is 4.74 Å². The summed E-state index contributed by atoms with van der Waals surface area (Å²) in [6.07, 6.45) is 1.98. The van der Waals surface area contributed by atoms with Crippen LogP contribution in [0.3, 0.4) is 0 Å². The molecule has 0 atom stereocenters. The summed E-state index contributed by atoms with van der Waals surface area (Å²) < 4.78 is 9.43. The topological polar surface area (TPSA) is 52.6 Å². The first kappa shape index (κ1) is 20.4. The molecule has 2 rings (SSSR count). The molecule has 0 saturated heterocycles. The van der Waals surface area contributed by atoms with Crippen LogP contribution in [0.15, 0.2) is 48.5 Å². The Kier molecular flexibility index (Phi) is 9.01. The summed E-state index contributed by atoms with van der Waals surface area (Å²) in [6.45, 7) is 6.39. The number of hydrogen-bond acceptors (Lipinski definition) is 4. The van der Waals surface area contributed by atoms with Gasteiger partial charge < -0.3 is 9.47 Å². The number of rotatable bonds is 5. The third kappa shape index (κ3) is 6.79. The van der Waals surface area contributed by atoms with Crippen molar-refractivity contribution in [3.05, 3.63) is 70.8 Å². The predicted octanol–water partition coefficient (Wildman–Crippen LogP) is 4.46. The Bertz CT molecular complexity index is 657. The fourth-order valence-corrected chi connectivity index (χ4v) is 2.09. The molecule has 0 saturated carbocycles. The molecule has 4 nitrogen and oxygen atoms in total. The molecule has 0 aromatic heterocycles. The van der Waals surface area contributed by atoms with Crippen LogP contribution >= 0.6 is 0 Å². The highest BCUT2D eigenvalue weighted by atomic mass is 16.5. The summed E-state index contributed by atoms with van der Waals surface area (Å²) in [5, 5.41) is 0. The third-order valence-electron chi connectivity index (χ3n) is 3.66. The predicted molar refractivity (Wildman–Crippen MR) is 98.9 cm³/mol. The van der Waals surface area contributed by atoms with E-state index < -0.39 is 0 Å². The van der Waals surface area contributed by atoms with Crippen LogP contribution in [0.1, 0.15) is 52.6 Å². The van der Waals surface area contributed by atoms with E-state index in [1.54, 1.807) is 31.2 Å². The minimum Gasteiger partial charge on any atom is -0.465 e. The number of carbonyl (C=O) groups excluding carboxylic acids is 2. The minimum atomic E-state index is -0.280. The first-order chi connectivity index (χ1) is 12.0. The molecule has 0 unspecified atom stereocenters. The Morgan fingerprint density at radius 1 is 0.720 bits per heavy atom. The highest BCUT2D eigenvalue weighted by molar-refractivity contribution is 5.89. The van der Waals surface area contributed by atoms with Crippen molar-refractivity contribution in [2.45, 2.75) is 33.6 Å². The Labute approximate surface area is 149 Å². The summed E-state index contributed by atoms with van der Waals surface area (Å²) in [7, 11) is 1.38. The summed E-state index contributed by atoms with van der Waals surface area (Å²) in [6, 6.07) is 14.9. The Morgan fingerprint density at radius 2 is 1.12 bits per heavy atom. The van der Waals surface area contributed by atoms with Gasteiger partial charge in [-0.1, -0.05) is 38.1 Å². The number of hydrogen-bond donors (Lipinski definition) is 0. The van der Waals surface area contributed by atoms with Gasteiger partial charge in [0, 0.05) is 0 Å². The minimum absolute atomic E-state index is 0.245. The van der Waals surface area contributed by atoms with Gasteiger partial charge in [0.15, 0.2) is 0 Å². The number of esters is 2. The number of ether oxygens (including phenoxy) is 2. The lowest BCUT2D eigenvalue weighted by atomic mass is 10.1. The molecule has 134 valence electrons. The quantitative estimate of drug-likeness (QED) is 0.753. The fourth-order valence-electron chi connectivity index (χ4n) is 2.09. The largest absolute Gasteiger partial charge is 0.465 e. The van der Waals surface area contributed by atoms with Crippen molar-refractivity contribution >= 4 is 11.9 Å². The lowest BCUT2D eigenvalue weighted by Crippen LogP contribution is -2.04. The lowest BCUT2D eigenvalue weighted by molar-refractivity contribution is 0.0525. The molecule has 0 N–H and O–H groups in total. The number of methoxy groups -OCH3 is 1. The fraction of sp³-hybridized carbons (Fsp3) is 0.333. The molecule has 0 fully saturated rings. The van der Waals surface area contributed by atoms with Crippen LogP contribution in [0.25, 0.3) is 0 Å². The van der Waals surface area contributed by atoms with Crippen LogP contribution in [0, 0.1) is 0 Å². The van der Waals surface area contributed by atoms with E-state index in [-0.39, 0.29) is 11.9 Å². The molecule has 0 bridgehead atoms. The van der Waals surface area contributed by atoms with Crippen molar-refractivity contribution in [3.63, 3.8) is 0 Å². The average Bonchev–Trinajstić information content (AvgIpc) is 2.68. The van der Waals surface area contributed by atoms with Crippen LogP contribution in [0.4, 0.5) is 0 Å². The van der Waals surface area contributed by atoms with Gasteiger partial charge >= 0.3 is 11.9 Å². The Hall–Kier alpha value is -2.62. The molecular formula is C21H26O4. The zero-order valence-corrected chi connectivity index (χ0v) is 15.4. The molecule has 0 amide bonds. The highest BCUT2D eigenvalue weighted by Gasteiger charge is 2.04. The number of aryl methyl sites for hydroxylation is 2. The number of benzene rings is 2. The van der Waals surface area contributed by atoms with Gasteiger partial charge in [0.2, 0.25) is 0 Å². The van der Waals surface area contributed by atoms with Crippen LogP contribution in [-0.2, 0) is 22.3 Å². The van der Waals surface area contributed by atoms with Crippen LogP contribution in [0.2, 0.25) is 0 Å². The van der Waals surface area contributed by atoms with E-state index in [1.807, 2.05) is 24.3 Å². The van der Waals surface area contributed by atoms with Crippen molar-refractivity contribution in [3.8, 4) is 0 Å². The van der Waals surface area contributed by atoms with E-state index in [0.717, 1.165) is 12.8 Å². The molecule has 2 aromatic rings. The maximum absolute atomic E-state index is 11.2. The van der Waals surface area contributed by atoms with E-state index in [2.05, 4.69) is 18.6 Å². The molecule has 0 aliphatic rings. The van der Waals surface area contributed by atoms with E-state index >= 15 is 0 Å². The summed E-state index contributed by atoms with van der Waals surface area (Å²) in [4.78, 5) is 22.2. The van der Waals surface area contributed by atoms with Gasteiger partial charge in [-0.3, -0.25) is 0 Å². The maximum atomic E-state index is 11.2. The van der Waals surface area contributed by atoms with E-state index in [9.17, 15) is 9.59 Å². The second-order valence-electron chi connectivity index (χ2n) is 5.31. The van der Waals surface area contributed by atoms with E-state index in [1.165, 1.54) is 18.2 Å². The SMILES string of the molecule is CCOC(=O)c1ccc(CC)cc1.CCc1ccc(C(=O)OC)cc1. The average molecular weight is 342 g/mol. The molecule has 2 aromatic carbocycles. The van der Waals surface area contributed by atoms with Crippen molar-refractivity contribution < 1.29 is 19.1 Å².